The van der Waals surface area contributed by atoms with Gasteiger partial charge in [-0.1, -0.05) is 16.9 Å². The standard InChI is InChI=1S/C16H16N8O5S3/c17-16-19-6(4-30-16)10(22-29)13(25)20-11-7-1-2-8(12(15(27)28)24(7)14(11)26)31-5-32-9-3-18-23-21-9/h3-4,7,11,29H,1-2,5H2,(H2,17,19)(H,20,25)(H,27,28)(H,18,21,23)/b22-10-/t7-,11+/m1/s1. The summed E-state index contributed by atoms with van der Waals surface area (Å²) in [4.78, 5) is 42.9. The zero-order valence-corrected chi connectivity index (χ0v) is 18.5. The van der Waals surface area contributed by atoms with E-state index in [1.54, 1.807) is 6.20 Å². The summed E-state index contributed by atoms with van der Waals surface area (Å²) in [5.41, 5.74) is 5.16. The average Bonchev–Trinajstić information content (AvgIpc) is 3.44. The molecule has 13 nitrogen and oxygen atoms in total. The highest BCUT2D eigenvalue weighted by Gasteiger charge is 2.53. The highest BCUT2D eigenvalue weighted by molar-refractivity contribution is 8.17. The Balaban J connectivity index is 1.44. The van der Waals surface area contributed by atoms with Crippen molar-refractivity contribution in [2.24, 2.45) is 5.16 Å². The first kappa shape index (κ1) is 22.1. The molecule has 2 aromatic heterocycles. The number of nitrogen functional groups attached to an aromatic ring is 1. The van der Waals surface area contributed by atoms with Crippen LogP contribution in [0.1, 0.15) is 18.5 Å². The predicted octanol–water partition coefficient (Wildman–Crippen LogP) is 0.290. The normalized spacial score (nSPS) is 20.7. The van der Waals surface area contributed by atoms with Crippen molar-refractivity contribution in [2.75, 3.05) is 10.8 Å². The molecule has 0 unspecified atom stereocenters. The Morgan fingerprint density at radius 2 is 2.25 bits per heavy atom. The molecular weight excluding hydrogens is 480 g/mol. The predicted molar refractivity (Wildman–Crippen MR) is 116 cm³/mol. The Kier molecular flexibility index (Phi) is 6.33. The van der Waals surface area contributed by atoms with Crippen LogP contribution < -0.4 is 11.1 Å². The van der Waals surface area contributed by atoms with Gasteiger partial charge in [0.2, 0.25) is 0 Å². The van der Waals surface area contributed by atoms with Crippen LogP contribution in [0.5, 0.6) is 0 Å². The van der Waals surface area contributed by atoms with Crippen LogP contribution in [0, 0.1) is 0 Å². The molecule has 2 aliphatic rings. The molecule has 1 saturated heterocycles. The number of nitrogens with one attached hydrogen (secondary N) is 2. The molecule has 2 aromatic rings. The van der Waals surface area contributed by atoms with Crippen molar-refractivity contribution in [2.45, 2.75) is 30.0 Å². The molecule has 168 valence electrons. The first-order valence-corrected chi connectivity index (χ1v) is 11.9. The number of aromatic nitrogens is 4. The number of thioether (sulfide) groups is 2. The number of nitrogens with zero attached hydrogens (tertiary/aromatic N) is 5. The van der Waals surface area contributed by atoms with Gasteiger partial charge in [-0.05, 0) is 12.8 Å². The summed E-state index contributed by atoms with van der Waals surface area (Å²) < 4.78 is 0. The van der Waals surface area contributed by atoms with Crippen molar-refractivity contribution < 1.29 is 24.7 Å². The van der Waals surface area contributed by atoms with Crippen molar-refractivity contribution in [3.63, 3.8) is 0 Å². The molecule has 6 N–H and O–H groups in total. The minimum atomic E-state index is -1.21. The zero-order valence-electron chi connectivity index (χ0n) is 16.1. The summed E-state index contributed by atoms with van der Waals surface area (Å²) in [5, 5.41) is 37.4. The third-order valence-corrected chi connectivity index (χ3v) is 7.65. The number of carboxylic acid groups (broad SMARTS) is 1. The van der Waals surface area contributed by atoms with Crippen LogP contribution in [0.25, 0.3) is 0 Å². The van der Waals surface area contributed by atoms with E-state index >= 15 is 0 Å². The largest absolute Gasteiger partial charge is 0.477 e. The smallest absolute Gasteiger partial charge is 0.353 e. The van der Waals surface area contributed by atoms with Gasteiger partial charge in [-0.2, -0.15) is 10.3 Å². The fourth-order valence-corrected chi connectivity index (χ4v) is 6.06. The van der Waals surface area contributed by atoms with Gasteiger partial charge < -0.3 is 21.4 Å². The van der Waals surface area contributed by atoms with Crippen LogP contribution in [0.4, 0.5) is 5.13 Å². The molecule has 4 heterocycles. The number of allylic oxidation sites excluding steroid dienone is 1. The van der Waals surface area contributed by atoms with E-state index < -0.39 is 29.9 Å². The second-order valence-electron chi connectivity index (χ2n) is 6.58. The molecule has 0 saturated carbocycles. The van der Waals surface area contributed by atoms with Gasteiger partial charge in [0.1, 0.15) is 22.5 Å². The summed E-state index contributed by atoms with van der Waals surface area (Å²) in [5.74, 6) is -2.56. The minimum Gasteiger partial charge on any atom is -0.477 e. The zero-order chi connectivity index (χ0) is 22.8. The maximum absolute atomic E-state index is 12.7. The lowest BCUT2D eigenvalue weighted by atomic mass is 9.86. The number of fused-ring (bicyclic) bond motifs is 1. The van der Waals surface area contributed by atoms with E-state index in [1.165, 1.54) is 33.8 Å². The number of hydrogen-bond acceptors (Lipinski definition) is 12. The van der Waals surface area contributed by atoms with Crippen molar-refractivity contribution in [3.8, 4) is 0 Å². The number of aromatic amines is 1. The lowest BCUT2D eigenvalue weighted by molar-refractivity contribution is -0.155. The number of thiazole rings is 1. The SMILES string of the molecule is Nc1nc(/C(=N/O)C(=O)N[C@@H]2C(=O)N3C(C(=O)O)=C(SCSc4cn[nH]n4)CC[C@H]23)cs1. The number of anilines is 1. The fraction of sp³-hybridized carbons (Fsp3) is 0.312. The number of rotatable bonds is 8. The van der Waals surface area contributed by atoms with Gasteiger partial charge in [-0.25, -0.2) is 9.78 Å². The Labute approximate surface area is 192 Å². The highest BCUT2D eigenvalue weighted by atomic mass is 32.2. The number of carboxylic acids is 1. The Morgan fingerprint density at radius 3 is 2.88 bits per heavy atom. The topological polar surface area (TPSA) is 200 Å². The number of oxime groups is 1. The lowest BCUT2D eigenvalue weighted by Crippen LogP contribution is -2.72. The lowest BCUT2D eigenvalue weighted by Gasteiger charge is -2.50. The van der Waals surface area contributed by atoms with Crippen LogP contribution in [0.3, 0.4) is 0 Å². The van der Waals surface area contributed by atoms with Crippen LogP contribution >= 0.6 is 34.9 Å². The van der Waals surface area contributed by atoms with Crippen molar-refractivity contribution in [3.05, 3.63) is 27.9 Å². The maximum atomic E-state index is 12.7. The van der Waals surface area contributed by atoms with Crippen molar-refractivity contribution in [1.29, 1.82) is 0 Å². The van der Waals surface area contributed by atoms with E-state index in [2.05, 4.69) is 30.9 Å². The van der Waals surface area contributed by atoms with Crippen LogP contribution in [-0.4, -0.2) is 76.3 Å². The number of nitrogens with two attached hydrogens (primary N) is 1. The van der Waals surface area contributed by atoms with E-state index in [1.807, 2.05) is 0 Å². The fourth-order valence-electron chi connectivity index (χ4n) is 3.41. The van der Waals surface area contributed by atoms with Crippen LogP contribution in [0.2, 0.25) is 0 Å². The molecule has 2 atom stereocenters. The number of aliphatic carboxylic acids is 1. The van der Waals surface area contributed by atoms with Crippen LogP contribution in [0.15, 0.2) is 32.4 Å². The van der Waals surface area contributed by atoms with E-state index in [4.69, 9.17) is 5.73 Å². The third-order valence-electron chi connectivity index (χ3n) is 4.79. The molecule has 0 radical (unpaired) electrons. The minimum absolute atomic E-state index is 0.0779. The summed E-state index contributed by atoms with van der Waals surface area (Å²) in [6, 6.07) is -1.44. The molecule has 1 fully saturated rings. The van der Waals surface area contributed by atoms with Gasteiger partial charge >= 0.3 is 5.97 Å². The van der Waals surface area contributed by atoms with Gasteiger partial charge in [0, 0.05) is 10.3 Å². The highest BCUT2D eigenvalue weighted by Crippen LogP contribution is 2.42. The van der Waals surface area contributed by atoms with E-state index in [9.17, 15) is 24.7 Å². The first-order chi connectivity index (χ1) is 15.4. The van der Waals surface area contributed by atoms with E-state index in [0.717, 1.165) is 11.3 Å². The third kappa shape index (κ3) is 4.15. The van der Waals surface area contributed by atoms with Crippen LogP contribution in [-0.2, 0) is 14.4 Å². The molecular formula is C16H16N8O5S3. The maximum Gasteiger partial charge on any atom is 0.353 e. The van der Waals surface area contributed by atoms with Gasteiger partial charge in [0.15, 0.2) is 10.8 Å². The number of carbonyl (C=O) groups is 3. The molecule has 0 bridgehead atoms. The monoisotopic (exact) mass is 496 g/mol. The summed E-state index contributed by atoms with van der Waals surface area (Å²) in [7, 11) is 0. The Hall–Kier alpha value is -3.11. The number of amides is 2. The second kappa shape index (κ2) is 9.17. The number of hydrogen-bond donors (Lipinski definition) is 5. The Morgan fingerprint density at radius 1 is 1.44 bits per heavy atom. The summed E-state index contributed by atoms with van der Waals surface area (Å²) in [6.45, 7) is 0. The molecule has 2 amide bonds. The Bertz CT molecular complexity index is 1110. The van der Waals surface area contributed by atoms with Gasteiger partial charge in [-0.3, -0.25) is 14.5 Å². The molecule has 0 aromatic carbocycles. The number of H-pyrrole nitrogens is 1. The second-order valence-corrected chi connectivity index (χ2v) is 9.90. The summed E-state index contributed by atoms with van der Waals surface area (Å²) >= 11 is 3.78. The van der Waals surface area contributed by atoms with E-state index in [-0.39, 0.29) is 22.2 Å². The first-order valence-electron chi connectivity index (χ1n) is 9.06. The van der Waals surface area contributed by atoms with E-state index in [0.29, 0.717) is 27.9 Å². The molecule has 16 heteroatoms. The number of carbonyl (C=O) groups excluding carboxylic acids is 2. The molecule has 0 spiro atoms. The van der Waals surface area contributed by atoms with Crippen molar-refractivity contribution in [1.82, 2.24) is 30.6 Å². The average molecular weight is 497 g/mol. The molecule has 32 heavy (non-hydrogen) atoms. The van der Waals surface area contributed by atoms with Gasteiger partial charge in [0.05, 0.1) is 17.3 Å². The quantitative estimate of drug-likeness (QED) is 0.0840. The molecule has 4 rings (SSSR count). The van der Waals surface area contributed by atoms with Gasteiger partial charge in [-0.15, -0.1) is 28.2 Å². The van der Waals surface area contributed by atoms with Gasteiger partial charge in [0.25, 0.3) is 11.8 Å². The number of β-lactam (4-membered cyclic amide) rings is 1. The molecule has 2 aliphatic heterocycles. The summed E-state index contributed by atoms with van der Waals surface area (Å²) in [6.07, 6.45) is 2.47. The van der Waals surface area contributed by atoms with Crippen molar-refractivity contribution >= 4 is 63.5 Å². The molecule has 0 aliphatic carbocycles.